The molecular formula is C19H30IN5O2. The second kappa shape index (κ2) is 10.7. The van der Waals surface area contributed by atoms with E-state index in [1.54, 1.807) is 6.26 Å². The molecule has 8 heteroatoms. The molecule has 150 valence electrons. The topological polar surface area (TPSA) is 76.6 Å². The van der Waals surface area contributed by atoms with Crippen LogP contribution in [-0.4, -0.2) is 41.5 Å². The zero-order valence-corrected chi connectivity index (χ0v) is 18.7. The zero-order valence-electron chi connectivity index (χ0n) is 16.3. The van der Waals surface area contributed by atoms with Crippen molar-refractivity contribution in [2.24, 2.45) is 12.0 Å². The number of aliphatic imine (C=N–C) groups is 1. The number of hydrogen-bond acceptors (Lipinski definition) is 4. The van der Waals surface area contributed by atoms with Gasteiger partial charge in [0.2, 0.25) is 0 Å². The van der Waals surface area contributed by atoms with Gasteiger partial charge in [0, 0.05) is 44.4 Å². The van der Waals surface area contributed by atoms with Crippen LogP contribution in [0.1, 0.15) is 35.6 Å². The average molecular weight is 487 g/mol. The predicted octanol–water partition coefficient (Wildman–Crippen LogP) is 2.70. The Kier molecular flexibility index (Phi) is 8.62. The van der Waals surface area contributed by atoms with E-state index < -0.39 is 0 Å². The van der Waals surface area contributed by atoms with Crippen molar-refractivity contribution in [1.29, 1.82) is 0 Å². The summed E-state index contributed by atoms with van der Waals surface area (Å²) in [5, 5.41) is 11.3. The van der Waals surface area contributed by atoms with Crippen LogP contribution in [0.5, 0.6) is 0 Å². The van der Waals surface area contributed by atoms with Gasteiger partial charge in [-0.05, 0) is 38.8 Å². The summed E-state index contributed by atoms with van der Waals surface area (Å²) in [6, 6.07) is 3.90. The summed E-state index contributed by atoms with van der Waals surface area (Å²) in [5.74, 6) is 1.77. The highest BCUT2D eigenvalue weighted by molar-refractivity contribution is 14.0. The van der Waals surface area contributed by atoms with Crippen molar-refractivity contribution in [3.63, 3.8) is 0 Å². The predicted molar refractivity (Wildman–Crippen MR) is 117 cm³/mol. The Balaban J connectivity index is 0.00000261. The minimum atomic E-state index is 0. The molecule has 0 amide bonds. The van der Waals surface area contributed by atoms with Gasteiger partial charge < -0.3 is 19.8 Å². The number of rotatable bonds is 7. The van der Waals surface area contributed by atoms with Crippen LogP contribution in [0.4, 0.5) is 0 Å². The summed E-state index contributed by atoms with van der Waals surface area (Å²) in [5.41, 5.74) is 3.36. The highest BCUT2D eigenvalue weighted by atomic mass is 127. The number of ether oxygens (including phenoxy) is 1. The summed E-state index contributed by atoms with van der Waals surface area (Å²) in [4.78, 5) is 4.76. The first-order chi connectivity index (χ1) is 12.6. The third-order valence-corrected chi connectivity index (χ3v) is 4.82. The highest BCUT2D eigenvalue weighted by Crippen LogP contribution is 2.13. The lowest BCUT2D eigenvalue weighted by molar-refractivity contribution is 0.114. The lowest BCUT2D eigenvalue weighted by Crippen LogP contribution is -2.41. The number of furan rings is 1. The smallest absolute Gasteiger partial charge is 0.191 e. The molecule has 0 bridgehead atoms. The van der Waals surface area contributed by atoms with Crippen LogP contribution in [0, 0.1) is 13.8 Å². The number of hydrogen-bond donors (Lipinski definition) is 2. The first-order valence-corrected chi connectivity index (χ1v) is 9.28. The second-order valence-electron chi connectivity index (χ2n) is 6.71. The van der Waals surface area contributed by atoms with E-state index in [-0.39, 0.29) is 30.1 Å². The van der Waals surface area contributed by atoms with Gasteiger partial charge >= 0.3 is 0 Å². The van der Waals surface area contributed by atoms with Crippen molar-refractivity contribution in [2.45, 2.75) is 45.8 Å². The van der Waals surface area contributed by atoms with Crippen LogP contribution in [0.3, 0.4) is 0 Å². The van der Waals surface area contributed by atoms with Gasteiger partial charge in [0.1, 0.15) is 5.76 Å². The van der Waals surface area contributed by atoms with Crippen molar-refractivity contribution in [3.05, 3.63) is 41.1 Å². The Bertz CT molecular complexity index is 721. The molecule has 1 atom stereocenters. The number of aromatic nitrogens is 2. The van der Waals surface area contributed by atoms with Crippen LogP contribution in [0.15, 0.2) is 27.8 Å². The van der Waals surface area contributed by atoms with Crippen LogP contribution >= 0.6 is 24.0 Å². The molecule has 1 aliphatic rings. The Morgan fingerprint density at radius 3 is 2.85 bits per heavy atom. The van der Waals surface area contributed by atoms with Crippen LogP contribution in [0.2, 0.25) is 0 Å². The molecule has 0 spiro atoms. The summed E-state index contributed by atoms with van der Waals surface area (Å²) in [7, 11) is 1.97. The molecule has 1 unspecified atom stereocenters. The number of halogens is 1. The van der Waals surface area contributed by atoms with E-state index in [0.717, 1.165) is 62.1 Å². The van der Waals surface area contributed by atoms with E-state index in [1.807, 2.05) is 30.8 Å². The van der Waals surface area contributed by atoms with Crippen LogP contribution < -0.4 is 10.6 Å². The Morgan fingerprint density at radius 1 is 1.37 bits per heavy atom. The molecule has 1 aliphatic heterocycles. The normalized spacial score (nSPS) is 17.0. The summed E-state index contributed by atoms with van der Waals surface area (Å²) < 4.78 is 13.0. The second-order valence-corrected chi connectivity index (χ2v) is 6.71. The fraction of sp³-hybridized carbons (Fsp3) is 0.579. The lowest BCUT2D eigenvalue weighted by atomic mass is 10.2. The molecule has 0 aromatic carbocycles. The van der Waals surface area contributed by atoms with E-state index >= 15 is 0 Å². The van der Waals surface area contributed by atoms with Crippen LogP contribution in [-0.2, 0) is 24.8 Å². The monoisotopic (exact) mass is 487 g/mol. The van der Waals surface area contributed by atoms with Crippen molar-refractivity contribution in [3.8, 4) is 0 Å². The van der Waals surface area contributed by atoms with Gasteiger partial charge in [0.05, 0.1) is 24.6 Å². The van der Waals surface area contributed by atoms with Gasteiger partial charge in [0.15, 0.2) is 5.96 Å². The first kappa shape index (κ1) is 21.7. The van der Waals surface area contributed by atoms with E-state index in [1.165, 1.54) is 5.56 Å². The summed E-state index contributed by atoms with van der Waals surface area (Å²) in [6.07, 6.45) is 5.03. The van der Waals surface area contributed by atoms with Gasteiger partial charge in [-0.1, -0.05) is 0 Å². The standard InChI is InChI=1S/C19H29N5O2.HI/c1-14-18(15(2)24(3)23-14)13-22-19(21-12-17-7-5-11-26-17)20-9-8-16-6-4-10-25-16;/h4,6,10,17H,5,7-9,11-13H2,1-3H3,(H2,20,21,22);1H. The SMILES string of the molecule is Cc1nn(C)c(C)c1CN=C(NCCc1ccco1)NCC1CCCO1.I. The Labute approximate surface area is 178 Å². The fourth-order valence-electron chi connectivity index (χ4n) is 3.15. The van der Waals surface area contributed by atoms with Crippen LogP contribution in [0.25, 0.3) is 0 Å². The molecule has 2 aromatic heterocycles. The zero-order chi connectivity index (χ0) is 18.4. The van der Waals surface area contributed by atoms with Gasteiger partial charge in [-0.15, -0.1) is 24.0 Å². The molecule has 1 fully saturated rings. The van der Waals surface area contributed by atoms with Crippen molar-refractivity contribution in [1.82, 2.24) is 20.4 Å². The number of aryl methyl sites for hydroxylation is 2. The molecule has 2 aromatic rings. The fourth-order valence-corrected chi connectivity index (χ4v) is 3.15. The maximum Gasteiger partial charge on any atom is 0.191 e. The summed E-state index contributed by atoms with van der Waals surface area (Å²) in [6.45, 7) is 7.11. The van der Waals surface area contributed by atoms with Gasteiger partial charge in [0.25, 0.3) is 0 Å². The van der Waals surface area contributed by atoms with E-state index in [9.17, 15) is 0 Å². The molecule has 1 saturated heterocycles. The molecular weight excluding hydrogens is 457 g/mol. The van der Waals surface area contributed by atoms with Gasteiger partial charge in [-0.25, -0.2) is 4.99 Å². The highest BCUT2D eigenvalue weighted by Gasteiger charge is 2.16. The minimum Gasteiger partial charge on any atom is -0.469 e. The molecule has 2 N–H and O–H groups in total. The quantitative estimate of drug-likeness (QED) is 0.357. The van der Waals surface area contributed by atoms with Crippen molar-refractivity contribution in [2.75, 3.05) is 19.7 Å². The molecule has 3 heterocycles. The van der Waals surface area contributed by atoms with E-state index in [2.05, 4.69) is 22.7 Å². The number of nitrogens with zero attached hydrogens (tertiary/aromatic N) is 3. The molecule has 0 radical (unpaired) electrons. The molecule has 0 aliphatic carbocycles. The largest absolute Gasteiger partial charge is 0.469 e. The average Bonchev–Trinajstić information content (AvgIpc) is 3.36. The molecule has 0 saturated carbocycles. The minimum absolute atomic E-state index is 0. The number of nitrogens with one attached hydrogen (secondary N) is 2. The molecule has 27 heavy (non-hydrogen) atoms. The van der Waals surface area contributed by atoms with Crippen molar-refractivity contribution >= 4 is 29.9 Å². The maximum absolute atomic E-state index is 5.70. The number of guanidine groups is 1. The maximum atomic E-state index is 5.70. The molecule has 7 nitrogen and oxygen atoms in total. The molecule has 3 rings (SSSR count). The van der Waals surface area contributed by atoms with E-state index in [0.29, 0.717) is 6.54 Å². The van der Waals surface area contributed by atoms with Gasteiger partial charge in [-0.3, -0.25) is 4.68 Å². The Morgan fingerprint density at radius 2 is 2.22 bits per heavy atom. The third kappa shape index (κ3) is 6.24. The van der Waals surface area contributed by atoms with Crippen molar-refractivity contribution < 1.29 is 9.15 Å². The third-order valence-electron chi connectivity index (χ3n) is 4.82. The lowest BCUT2D eigenvalue weighted by Gasteiger charge is -2.15. The van der Waals surface area contributed by atoms with E-state index in [4.69, 9.17) is 14.1 Å². The first-order valence-electron chi connectivity index (χ1n) is 9.28. The Hall–Kier alpha value is -1.55. The van der Waals surface area contributed by atoms with Gasteiger partial charge in [-0.2, -0.15) is 5.10 Å². The summed E-state index contributed by atoms with van der Waals surface area (Å²) >= 11 is 0.